The lowest BCUT2D eigenvalue weighted by Gasteiger charge is -2.14. The fraction of sp³-hybridized carbons (Fsp3) is 0.240. The number of benzene rings is 3. The highest BCUT2D eigenvalue weighted by Gasteiger charge is 2.19. The first kappa shape index (κ1) is 23.0. The summed E-state index contributed by atoms with van der Waals surface area (Å²) < 4.78 is 11.0. The van der Waals surface area contributed by atoms with E-state index in [4.69, 9.17) is 37.7 Å². The Bertz CT molecular complexity index is 1210. The van der Waals surface area contributed by atoms with Gasteiger partial charge in [0.05, 0.1) is 22.2 Å². The van der Waals surface area contributed by atoms with E-state index in [1.165, 1.54) is 10.5 Å². The summed E-state index contributed by atoms with van der Waals surface area (Å²) in [5.41, 5.74) is 4.24. The van der Waals surface area contributed by atoms with Crippen LogP contribution in [-0.2, 0) is 11.2 Å². The number of para-hydroxylation sites is 1. The molecule has 0 unspecified atom stereocenters. The number of aromatic amines is 1. The number of hydrogen-bond donors (Lipinski definition) is 1. The van der Waals surface area contributed by atoms with E-state index in [2.05, 4.69) is 36.2 Å². The third kappa shape index (κ3) is 5.07. The summed E-state index contributed by atoms with van der Waals surface area (Å²) in [6, 6.07) is 18.2. The van der Waals surface area contributed by atoms with Gasteiger partial charge in [-0.15, -0.1) is 11.8 Å². The van der Waals surface area contributed by atoms with E-state index in [1.807, 2.05) is 42.1 Å². The van der Waals surface area contributed by atoms with Crippen LogP contribution in [0.15, 0.2) is 59.5 Å². The number of rotatable bonds is 9. The van der Waals surface area contributed by atoms with Crippen molar-refractivity contribution in [1.29, 1.82) is 0 Å². The molecule has 0 saturated heterocycles. The molecule has 3 aromatic carbocycles. The highest BCUT2D eigenvalue weighted by molar-refractivity contribution is 7.99. The van der Waals surface area contributed by atoms with Gasteiger partial charge in [-0.1, -0.05) is 60.5 Å². The second kappa shape index (κ2) is 10.6. The Kier molecular flexibility index (Phi) is 7.63. The first-order valence-corrected chi connectivity index (χ1v) is 12.1. The molecule has 0 aliphatic rings. The van der Waals surface area contributed by atoms with Gasteiger partial charge in [-0.05, 0) is 35.6 Å². The van der Waals surface area contributed by atoms with E-state index in [0.29, 0.717) is 46.5 Å². The predicted molar refractivity (Wildman–Crippen MR) is 135 cm³/mol. The van der Waals surface area contributed by atoms with Crippen LogP contribution in [0.5, 0.6) is 5.75 Å². The van der Waals surface area contributed by atoms with Crippen LogP contribution < -0.4 is 4.74 Å². The quantitative estimate of drug-likeness (QED) is 0.199. The van der Waals surface area contributed by atoms with Gasteiger partial charge in [-0.25, -0.2) is 4.98 Å². The lowest BCUT2D eigenvalue weighted by Crippen LogP contribution is -2.05. The molecule has 1 N–H and O–H groups in total. The van der Waals surface area contributed by atoms with Gasteiger partial charge in [0, 0.05) is 29.6 Å². The molecular formula is C25H24Cl2N2O2S. The molecule has 0 spiro atoms. The summed E-state index contributed by atoms with van der Waals surface area (Å²) in [4.78, 5) is 9.42. The van der Waals surface area contributed by atoms with E-state index in [1.54, 1.807) is 7.11 Å². The molecule has 32 heavy (non-hydrogen) atoms. The van der Waals surface area contributed by atoms with Crippen LogP contribution in [-0.4, -0.2) is 36.0 Å². The number of halogens is 2. The average molecular weight is 487 g/mol. The van der Waals surface area contributed by atoms with Crippen LogP contribution in [0.1, 0.15) is 18.3 Å². The molecule has 0 bridgehead atoms. The Morgan fingerprint density at radius 3 is 2.56 bits per heavy atom. The number of thioether (sulfide) groups is 1. The molecule has 0 aliphatic heterocycles. The summed E-state index contributed by atoms with van der Waals surface area (Å²) in [6.07, 6.45) is 0.686. The zero-order valence-corrected chi connectivity index (χ0v) is 20.3. The van der Waals surface area contributed by atoms with Crippen molar-refractivity contribution in [2.45, 2.75) is 18.2 Å². The van der Waals surface area contributed by atoms with E-state index in [9.17, 15) is 0 Å². The lowest BCUT2D eigenvalue weighted by molar-refractivity contribution is 0.146. The SMILES string of the molecule is CCSc1ccc(Cc2nc3c(Cl)c(-c4ccccc4OCCOC)c(Cl)cc3[nH]2)cc1. The first-order valence-electron chi connectivity index (χ1n) is 10.4. The number of fused-ring (bicyclic) bond motifs is 1. The minimum atomic E-state index is 0.438. The lowest BCUT2D eigenvalue weighted by atomic mass is 10.0. The maximum absolute atomic E-state index is 6.84. The molecule has 0 saturated carbocycles. The fourth-order valence-corrected chi connectivity index (χ4v) is 4.92. The maximum Gasteiger partial charge on any atom is 0.127 e. The van der Waals surface area contributed by atoms with Gasteiger partial charge in [0.25, 0.3) is 0 Å². The number of H-pyrrole nitrogens is 1. The topological polar surface area (TPSA) is 47.1 Å². The van der Waals surface area contributed by atoms with Crippen molar-refractivity contribution in [3.05, 3.63) is 76.0 Å². The molecule has 4 rings (SSSR count). The molecular weight excluding hydrogens is 463 g/mol. The largest absolute Gasteiger partial charge is 0.491 e. The maximum atomic E-state index is 6.84. The average Bonchev–Trinajstić information content (AvgIpc) is 3.19. The predicted octanol–water partition coefficient (Wildman–Crippen LogP) is 7.26. The molecule has 0 amide bonds. The summed E-state index contributed by atoms with van der Waals surface area (Å²) in [5, 5.41) is 1.05. The number of hydrogen-bond acceptors (Lipinski definition) is 4. The second-order valence-corrected chi connectivity index (χ2v) is 9.34. The summed E-state index contributed by atoms with van der Waals surface area (Å²) in [6.45, 7) is 3.09. The Labute approximate surface area is 202 Å². The zero-order chi connectivity index (χ0) is 22.5. The van der Waals surface area contributed by atoms with E-state index in [-0.39, 0.29) is 0 Å². The van der Waals surface area contributed by atoms with Crippen molar-refractivity contribution >= 4 is 46.0 Å². The van der Waals surface area contributed by atoms with Crippen molar-refractivity contribution in [2.24, 2.45) is 0 Å². The normalized spacial score (nSPS) is 11.2. The van der Waals surface area contributed by atoms with Gasteiger partial charge in [0.2, 0.25) is 0 Å². The molecule has 0 aliphatic carbocycles. The fourth-order valence-electron chi connectivity index (χ4n) is 3.56. The Morgan fingerprint density at radius 1 is 1.03 bits per heavy atom. The van der Waals surface area contributed by atoms with Crippen LogP contribution in [0.25, 0.3) is 22.2 Å². The van der Waals surface area contributed by atoms with Crippen molar-refractivity contribution in [3.63, 3.8) is 0 Å². The van der Waals surface area contributed by atoms with Crippen molar-refractivity contribution < 1.29 is 9.47 Å². The third-order valence-corrected chi connectivity index (χ3v) is 6.59. The minimum absolute atomic E-state index is 0.438. The number of nitrogens with one attached hydrogen (secondary N) is 1. The number of nitrogens with zero attached hydrogens (tertiary/aromatic N) is 1. The Hall–Kier alpha value is -2.18. The van der Waals surface area contributed by atoms with Crippen molar-refractivity contribution in [2.75, 3.05) is 26.1 Å². The standard InChI is InChI=1S/C25H24Cl2N2O2S/c1-3-32-17-10-8-16(9-11-17)14-22-28-20-15-19(26)23(24(27)25(20)29-22)18-6-4-5-7-21(18)31-13-12-30-2/h4-11,15H,3,12-14H2,1-2H3,(H,28,29). The Balaban J connectivity index is 1.67. The van der Waals surface area contributed by atoms with Crippen molar-refractivity contribution in [1.82, 2.24) is 9.97 Å². The number of aromatic nitrogens is 2. The molecule has 4 aromatic rings. The van der Waals surface area contributed by atoms with Gasteiger partial charge in [-0.3, -0.25) is 0 Å². The summed E-state index contributed by atoms with van der Waals surface area (Å²) >= 11 is 15.3. The summed E-state index contributed by atoms with van der Waals surface area (Å²) in [7, 11) is 1.64. The third-order valence-electron chi connectivity index (χ3n) is 5.03. The van der Waals surface area contributed by atoms with Gasteiger partial charge >= 0.3 is 0 Å². The van der Waals surface area contributed by atoms with Gasteiger partial charge < -0.3 is 14.5 Å². The second-order valence-electron chi connectivity index (χ2n) is 7.22. The minimum Gasteiger partial charge on any atom is -0.491 e. The van der Waals surface area contributed by atoms with E-state index >= 15 is 0 Å². The number of methoxy groups -OCH3 is 1. The monoisotopic (exact) mass is 486 g/mol. The van der Waals surface area contributed by atoms with Crippen LogP contribution in [0.2, 0.25) is 10.0 Å². The van der Waals surface area contributed by atoms with Crippen LogP contribution in [0.3, 0.4) is 0 Å². The summed E-state index contributed by atoms with van der Waals surface area (Å²) in [5.74, 6) is 2.61. The molecule has 0 atom stereocenters. The van der Waals surface area contributed by atoms with Crippen molar-refractivity contribution in [3.8, 4) is 16.9 Å². The highest BCUT2D eigenvalue weighted by atomic mass is 35.5. The molecule has 4 nitrogen and oxygen atoms in total. The zero-order valence-electron chi connectivity index (χ0n) is 18.0. The molecule has 0 radical (unpaired) electrons. The van der Waals surface area contributed by atoms with Gasteiger partial charge in [0.1, 0.15) is 23.7 Å². The molecule has 0 fully saturated rings. The van der Waals surface area contributed by atoms with Gasteiger partial charge in [-0.2, -0.15) is 0 Å². The van der Waals surface area contributed by atoms with Crippen LogP contribution in [0, 0.1) is 0 Å². The highest BCUT2D eigenvalue weighted by Crippen LogP contribution is 2.43. The number of imidazole rings is 1. The molecule has 1 heterocycles. The Morgan fingerprint density at radius 2 is 1.81 bits per heavy atom. The first-order chi connectivity index (χ1) is 15.6. The molecule has 1 aromatic heterocycles. The van der Waals surface area contributed by atoms with E-state index in [0.717, 1.165) is 22.7 Å². The smallest absolute Gasteiger partial charge is 0.127 e. The van der Waals surface area contributed by atoms with E-state index < -0.39 is 0 Å². The van der Waals surface area contributed by atoms with Crippen LogP contribution in [0.4, 0.5) is 0 Å². The number of ether oxygens (including phenoxy) is 2. The van der Waals surface area contributed by atoms with Gasteiger partial charge in [0.15, 0.2) is 0 Å². The van der Waals surface area contributed by atoms with Crippen LogP contribution >= 0.6 is 35.0 Å². The molecule has 166 valence electrons. The molecule has 7 heteroatoms.